The molecule has 4 rings (SSSR count). The normalized spacial score (nSPS) is 11.7. The largest absolute Gasteiger partial charge is 0.481 e. The number of halogens is 3. The van der Waals surface area contributed by atoms with Crippen LogP contribution >= 0.6 is 34.7 Å². The number of methoxy groups -OCH3 is 1. The van der Waals surface area contributed by atoms with E-state index in [0.29, 0.717) is 39.4 Å². The Morgan fingerprint density at radius 2 is 1.87 bits per heavy atom. The molecule has 0 aliphatic rings. The van der Waals surface area contributed by atoms with E-state index in [1.165, 1.54) is 54.5 Å². The van der Waals surface area contributed by atoms with Crippen molar-refractivity contribution in [3.63, 3.8) is 0 Å². The molecule has 2 aromatic carbocycles. The summed E-state index contributed by atoms with van der Waals surface area (Å²) in [6, 6.07) is 9.54. The predicted octanol–water partition coefficient (Wildman–Crippen LogP) is 6.62. The topological polar surface area (TPSA) is 95.3 Å². The standard InChI is InChI=1S/C26H23ClF2N4O4S2/c1-4-33-23(14(2)37-20-10-9-17(29)11-19(20)27)31-32-26(33)39-13-21(34)30-24-22(25(35)36-3)18(12-38-24)15-5-7-16(28)8-6-15/h5-12,14H,4,13H2,1-3H3,(H,30,34). The van der Waals surface area contributed by atoms with E-state index >= 15 is 0 Å². The molecule has 13 heteroatoms. The highest BCUT2D eigenvalue weighted by Crippen LogP contribution is 2.36. The summed E-state index contributed by atoms with van der Waals surface area (Å²) in [5, 5.41) is 13.8. The van der Waals surface area contributed by atoms with Crippen LogP contribution in [0.25, 0.3) is 11.1 Å². The van der Waals surface area contributed by atoms with Gasteiger partial charge in [-0.2, -0.15) is 0 Å². The van der Waals surface area contributed by atoms with E-state index in [0.717, 1.165) is 6.07 Å². The van der Waals surface area contributed by atoms with E-state index in [4.69, 9.17) is 21.1 Å². The zero-order valence-corrected chi connectivity index (χ0v) is 23.4. The van der Waals surface area contributed by atoms with Gasteiger partial charge in [0, 0.05) is 17.5 Å². The van der Waals surface area contributed by atoms with Gasteiger partial charge in [-0.05, 0) is 49.7 Å². The average Bonchev–Trinajstić information content (AvgIpc) is 3.53. The third-order valence-corrected chi connectivity index (χ3v) is 7.70. The van der Waals surface area contributed by atoms with Crippen molar-refractivity contribution in [2.45, 2.75) is 31.7 Å². The summed E-state index contributed by atoms with van der Waals surface area (Å²) >= 11 is 8.41. The lowest BCUT2D eigenvalue weighted by Gasteiger charge is -2.16. The van der Waals surface area contributed by atoms with Gasteiger partial charge in [0.05, 0.1) is 17.9 Å². The summed E-state index contributed by atoms with van der Waals surface area (Å²) < 4.78 is 39.3. The molecule has 1 amide bonds. The molecule has 204 valence electrons. The lowest BCUT2D eigenvalue weighted by Crippen LogP contribution is -2.17. The maximum Gasteiger partial charge on any atom is 0.341 e. The van der Waals surface area contributed by atoms with Crippen molar-refractivity contribution in [2.75, 3.05) is 18.2 Å². The van der Waals surface area contributed by atoms with Crippen LogP contribution in [0.3, 0.4) is 0 Å². The number of carbonyl (C=O) groups is 2. The van der Waals surface area contributed by atoms with E-state index in [1.54, 1.807) is 29.0 Å². The summed E-state index contributed by atoms with van der Waals surface area (Å²) in [6.07, 6.45) is -0.554. The monoisotopic (exact) mass is 592 g/mol. The molecule has 0 radical (unpaired) electrons. The molecule has 4 aromatic rings. The second-order valence-electron chi connectivity index (χ2n) is 8.11. The van der Waals surface area contributed by atoms with Crippen LogP contribution in [0.15, 0.2) is 53.0 Å². The van der Waals surface area contributed by atoms with Crippen molar-refractivity contribution in [1.82, 2.24) is 14.8 Å². The molecule has 1 atom stereocenters. The second kappa shape index (κ2) is 12.6. The van der Waals surface area contributed by atoms with E-state index < -0.39 is 23.7 Å². The van der Waals surface area contributed by atoms with Crippen LogP contribution in [-0.4, -0.2) is 39.5 Å². The van der Waals surface area contributed by atoms with Crippen LogP contribution < -0.4 is 10.1 Å². The van der Waals surface area contributed by atoms with Crippen LogP contribution in [0.2, 0.25) is 5.02 Å². The maximum absolute atomic E-state index is 13.4. The number of benzene rings is 2. The van der Waals surface area contributed by atoms with Crippen LogP contribution in [-0.2, 0) is 16.1 Å². The highest BCUT2D eigenvalue weighted by atomic mass is 35.5. The SMILES string of the molecule is CCn1c(SCC(=O)Nc2scc(-c3ccc(F)cc3)c2C(=O)OC)nnc1C(C)Oc1ccc(F)cc1Cl. The van der Waals surface area contributed by atoms with Crippen molar-refractivity contribution in [3.05, 3.63) is 75.9 Å². The van der Waals surface area contributed by atoms with E-state index in [2.05, 4.69) is 15.5 Å². The number of ether oxygens (including phenoxy) is 2. The minimum Gasteiger partial charge on any atom is -0.481 e. The first kappa shape index (κ1) is 28.5. The smallest absolute Gasteiger partial charge is 0.341 e. The molecular formula is C26H23ClF2N4O4S2. The first-order valence-corrected chi connectivity index (χ1v) is 13.9. The molecule has 8 nitrogen and oxygen atoms in total. The number of nitrogens with one attached hydrogen (secondary N) is 1. The number of esters is 1. The average molecular weight is 593 g/mol. The number of thiophene rings is 1. The molecule has 2 aromatic heterocycles. The highest BCUT2D eigenvalue weighted by molar-refractivity contribution is 7.99. The summed E-state index contributed by atoms with van der Waals surface area (Å²) in [4.78, 5) is 25.4. The Morgan fingerprint density at radius 3 is 2.54 bits per heavy atom. The summed E-state index contributed by atoms with van der Waals surface area (Å²) in [5.74, 6) is -1.06. The molecule has 0 aliphatic carbocycles. The van der Waals surface area contributed by atoms with Gasteiger partial charge in [0.15, 0.2) is 17.1 Å². The summed E-state index contributed by atoms with van der Waals surface area (Å²) in [7, 11) is 1.25. The predicted molar refractivity (Wildman–Crippen MR) is 147 cm³/mol. The van der Waals surface area contributed by atoms with Gasteiger partial charge in [0.1, 0.15) is 27.9 Å². The van der Waals surface area contributed by atoms with Crippen molar-refractivity contribution >= 4 is 51.6 Å². The van der Waals surface area contributed by atoms with E-state index in [9.17, 15) is 18.4 Å². The Bertz CT molecular complexity index is 1490. The minimum atomic E-state index is -0.621. The van der Waals surface area contributed by atoms with Crippen molar-refractivity contribution < 1.29 is 27.8 Å². The molecule has 0 saturated carbocycles. The Kier molecular flexibility index (Phi) is 9.20. The number of aromatic nitrogens is 3. The molecule has 0 fully saturated rings. The third kappa shape index (κ3) is 6.57. The van der Waals surface area contributed by atoms with Gasteiger partial charge in [0.2, 0.25) is 5.91 Å². The number of hydrogen-bond donors (Lipinski definition) is 1. The fourth-order valence-electron chi connectivity index (χ4n) is 3.71. The fourth-order valence-corrected chi connectivity index (χ4v) is 5.70. The fraction of sp³-hybridized carbons (Fsp3) is 0.231. The van der Waals surface area contributed by atoms with Crippen LogP contribution in [0.1, 0.15) is 36.1 Å². The van der Waals surface area contributed by atoms with Gasteiger partial charge in [0.25, 0.3) is 0 Å². The third-order valence-electron chi connectivity index (χ3n) is 5.54. The molecule has 1 unspecified atom stereocenters. The number of hydrogen-bond acceptors (Lipinski definition) is 8. The van der Waals surface area contributed by atoms with Crippen molar-refractivity contribution in [1.29, 1.82) is 0 Å². The lowest BCUT2D eigenvalue weighted by atomic mass is 10.0. The van der Waals surface area contributed by atoms with Gasteiger partial charge < -0.3 is 19.4 Å². The molecule has 2 heterocycles. The van der Waals surface area contributed by atoms with Gasteiger partial charge in [-0.15, -0.1) is 21.5 Å². The molecule has 39 heavy (non-hydrogen) atoms. The maximum atomic E-state index is 13.4. The Labute approximate surface area is 236 Å². The van der Waals surface area contributed by atoms with E-state index in [1.807, 2.05) is 6.92 Å². The minimum absolute atomic E-state index is 0.0123. The van der Waals surface area contributed by atoms with Crippen LogP contribution in [0.4, 0.5) is 13.8 Å². The molecule has 0 bridgehead atoms. The van der Waals surface area contributed by atoms with Crippen LogP contribution in [0, 0.1) is 11.6 Å². The Hall–Kier alpha value is -3.48. The second-order valence-corrected chi connectivity index (χ2v) is 10.3. The van der Waals surface area contributed by atoms with Gasteiger partial charge in [-0.25, -0.2) is 13.6 Å². The summed E-state index contributed by atoms with van der Waals surface area (Å²) in [6.45, 7) is 4.18. The van der Waals surface area contributed by atoms with E-state index in [-0.39, 0.29) is 22.2 Å². The number of carbonyl (C=O) groups excluding carboxylic acids is 2. The van der Waals surface area contributed by atoms with Gasteiger partial charge in [-0.3, -0.25) is 4.79 Å². The quantitative estimate of drug-likeness (QED) is 0.163. The lowest BCUT2D eigenvalue weighted by molar-refractivity contribution is -0.113. The number of rotatable bonds is 10. The number of thioether (sulfide) groups is 1. The first-order chi connectivity index (χ1) is 18.7. The first-order valence-electron chi connectivity index (χ1n) is 11.6. The highest BCUT2D eigenvalue weighted by Gasteiger charge is 2.24. The molecule has 0 aliphatic heterocycles. The zero-order valence-electron chi connectivity index (χ0n) is 21.0. The zero-order chi connectivity index (χ0) is 28.1. The molecule has 1 N–H and O–H groups in total. The number of anilines is 1. The molecule has 0 saturated heterocycles. The number of nitrogens with zero attached hydrogens (tertiary/aromatic N) is 3. The van der Waals surface area contributed by atoms with Crippen molar-refractivity contribution in [2.24, 2.45) is 0 Å². The number of amides is 1. The summed E-state index contributed by atoms with van der Waals surface area (Å²) in [5.41, 5.74) is 1.34. The Balaban J connectivity index is 1.46. The van der Waals surface area contributed by atoms with Gasteiger partial charge >= 0.3 is 5.97 Å². The van der Waals surface area contributed by atoms with Crippen LogP contribution in [0.5, 0.6) is 5.75 Å². The molecule has 0 spiro atoms. The van der Waals surface area contributed by atoms with Crippen molar-refractivity contribution in [3.8, 4) is 16.9 Å². The molecular weight excluding hydrogens is 570 g/mol. The van der Waals surface area contributed by atoms with Gasteiger partial charge in [-0.1, -0.05) is 35.5 Å². The Morgan fingerprint density at radius 1 is 1.15 bits per heavy atom.